The van der Waals surface area contributed by atoms with Crippen molar-refractivity contribution in [3.8, 4) is 10.7 Å². The third kappa shape index (κ3) is 2.47. The molecule has 0 amide bonds. The van der Waals surface area contributed by atoms with E-state index in [9.17, 15) is 0 Å². The number of hydrogen-bond acceptors (Lipinski definition) is 4. The maximum absolute atomic E-state index is 4.68. The number of aryl methyl sites for hydroxylation is 2. The van der Waals surface area contributed by atoms with E-state index in [4.69, 9.17) is 0 Å². The Hall–Kier alpha value is -1.20. The Balaban J connectivity index is 2.36. The van der Waals surface area contributed by atoms with Gasteiger partial charge < -0.3 is 5.32 Å². The molecule has 0 aliphatic rings. The lowest BCUT2D eigenvalue weighted by Crippen LogP contribution is -2.11. The number of rotatable bonds is 5. The van der Waals surface area contributed by atoms with Gasteiger partial charge in [-0.2, -0.15) is 5.10 Å². The fraction of sp³-hybridized carbons (Fsp3) is 0.538. The maximum atomic E-state index is 4.68. The van der Waals surface area contributed by atoms with E-state index in [1.165, 1.54) is 4.88 Å². The molecular weight excluding hydrogens is 244 g/mol. The standard InChI is InChI=1S/C13H20N4S/c1-5-8-17-11(6-7-15-17)13-16-10(3)12(18-13)9(2)14-4/h6-7,9,14H,5,8H2,1-4H3. The molecule has 0 fully saturated rings. The van der Waals surface area contributed by atoms with Gasteiger partial charge in [0.2, 0.25) is 0 Å². The predicted molar refractivity (Wildman–Crippen MR) is 75.8 cm³/mol. The summed E-state index contributed by atoms with van der Waals surface area (Å²) in [6, 6.07) is 2.39. The van der Waals surface area contributed by atoms with Gasteiger partial charge >= 0.3 is 0 Å². The summed E-state index contributed by atoms with van der Waals surface area (Å²) in [5.74, 6) is 0. The number of hydrogen-bond donors (Lipinski definition) is 1. The van der Waals surface area contributed by atoms with Gasteiger partial charge in [0, 0.05) is 23.7 Å². The Morgan fingerprint density at radius 1 is 1.50 bits per heavy atom. The Morgan fingerprint density at radius 2 is 2.28 bits per heavy atom. The molecule has 2 aromatic rings. The highest BCUT2D eigenvalue weighted by atomic mass is 32.1. The van der Waals surface area contributed by atoms with Crippen LogP contribution in [0.2, 0.25) is 0 Å². The van der Waals surface area contributed by atoms with Crippen LogP contribution in [-0.2, 0) is 6.54 Å². The Labute approximate surface area is 112 Å². The predicted octanol–water partition coefficient (Wildman–Crippen LogP) is 3.01. The van der Waals surface area contributed by atoms with Crippen molar-refractivity contribution < 1.29 is 0 Å². The van der Waals surface area contributed by atoms with Crippen LogP contribution in [0.3, 0.4) is 0 Å². The molecule has 0 spiro atoms. The monoisotopic (exact) mass is 264 g/mol. The Morgan fingerprint density at radius 3 is 2.94 bits per heavy atom. The summed E-state index contributed by atoms with van der Waals surface area (Å²) in [5.41, 5.74) is 2.24. The molecule has 0 bridgehead atoms. The van der Waals surface area contributed by atoms with E-state index in [0.717, 1.165) is 29.4 Å². The van der Waals surface area contributed by atoms with Crippen LogP contribution < -0.4 is 5.32 Å². The van der Waals surface area contributed by atoms with E-state index in [0.29, 0.717) is 6.04 Å². The fourth-order valence-electron chi connectivity index (χ4n) is 1.95. The first-order valence-electron chi connectivity index (χ1n) is 6.34. The number of nitrogens with zero attached hydrogens (tertiary/aromatic N) is 3. The molecule has 18 heavy (non-hydrogen) atoms. The lowest BCUT2D eigenvalue weighted by molar-refractivity contribution is 0.608. The van der Waals surface area contributed by atoms with Gasteiger partial charge in [-0.05, 0) is 33.4 Å². The normalized spacial score (nSPS) is 12.9. The quantitative estimate of drug-likeness (QED) is 0.902. The van der Waals surface area contributed by atoms with Crippen LogP contribution in [-0.4, -0.2) is 21.8 Å². The summed E-state index contributed by atoms with van der Waals surface area (Å²) in [7, 11) is 1.98. The van der Waals surface area contributed by atoms with Crippen LogP contribution in [0.25, 0.3) is 10.7 Å². The average Bonchev–Trinajstić information content (AvgIpc) is 2.95. The van der Waals surface area contributed by atoms with E-state index in [1.807, 2.05) is 24.0 Å². The number of thiazole rings is 1. The van der Waals surface area contributed by atoms with Gasteiger partial charge in [-0.1, -0.05) is 6.92 Å². The first kappa shape index (κ1) is 13.2. The highest BCUT2D eigenvalue weighted by molar-refractivity contribution is 7.15. The summed E-state index contributed by atoms with van der Waals surface area (Å²) < 4.78 is 2.03. The van der Waals surface area contributed by atoms with Crippen molar-refractivity contribution in [1.29, 1.82) is 0 Å². The van der Waals surface area contributed by atoms with Crippen molar-refractivity contribution in [2.45, 2.75) is 39.8 Å². The smallest absolute Gasteiger partial charge is 0.142 e. The molecule has 0 radical (unpaired) electrons. The second-order valence-corrected chi connectivity index (χ2v) is 5.45. The summed E-state index contributed by atoms with van der Waals surface area (Å²) in [6.07, 6.45) is 2.93. The van der Waals surface area contributed by atoms with Gasteiger partial charge in [0.15, 0.2) is 0 Å². The van der Waals surface area contributed by atoms with Gasteiger partial charge in [-0.15, -0.1) is 11.3 Å². The first-order chi connectivity index (χ1) is 8.67. The molecule has 2 rings (SSSR count). The van der Waals surface area contributed by atoms with E-state index < -0.39 is 0 Å². The van der Waals surface area contributed by atoms with Gasteiger partial charge in [-0.3, -0.25) is 4.68 Å². The van der Waals surface area contributed by atoms with E-state index in [2.05, 4.69) is 36.2 Å². The van der Waals surface area contributed by atoms with Gasteiger partial charge in [0.05, 0.1) is 11.4 Å². The van der Waals surface area contributed by atoms with Crippen molar-refractivity contribution in [2.24, 2.45) is 0 Å². The van der Waals surface area contributed by atoms with Gasteiger partial charge in [0.1, 0.15) is 5.01 Å². The van der Waals surface area contributed by atoms with Crippen LogP contribution in [0.1, 0.15) is 36.9 Å². The second-order valence-electron chi connectivity index (χ2n) is 4.42. The Kier molecular flexibility index (Phi) is 4.14. The largest absolute Gasteiger partial charge is 0.312 e. The molecule has 4 nitrogen and oxygen atoms in total. The van der Waals surface area contributed by atoms with Crippen LogP contribution >= 0.6 is 11.3 Å². The first-order valence-corrected chi connectivity index (χ1v) is 7.15. The minimum absolute atomic E-state index is 0.346. The Bertz CT molecular complexity index is 515. The molecule has 1 atom stereocenters. The number of aromatic nitrogens is 3. The van der Waals surface area contributed by atoms with Crippen molar-refractivity contribution >= 4 is 11.3 Å². The molecule has 1 unspecified atom stereocenters. The molecule has 0 aromatic carbocycles. The van der Waals surface area contributed by atoms with E-state index >= 15 is 0 Å². The molecule has 0 saturated carbocycles. The molecule has 5 heteroatoms. The zero-order valence-corrected chi connectivity index (χ0v) is 12.2. The van der Waals surface area contributed by atoms with Crippen LogP contribution in [0.4, 0.5) is 0 Å². The average molecular weight is 264 g/mol. The van der Waals surface area contributed by atoms with Crippen molar-refractivity contribution in [3.63, 3.8) is 0 Å². The lowest BCUT2D eigenvalue weighted by atomic mass is 10.2. The molecule has 0 aliphatic carbocycles. The molecule has 2 heterocycles. The molecular formula is C13H20N4S. The molecule has 1 N–H and O–H groups in total. The van der Waals surface area contributed by atoms with Crippen molar-refractivity contribution in [3.05, 3.63) is 22.8 Å². The number of nitrogens with one attached hydrogen (secondary N) is 1. The van der Waals surface area contributed by atoms with Crippen LogP contribution in [0.5, 0.6) is 0 Å². The topological polar surface area (TPSA) is 42.7 Å². The molecule has 98 valence electrons. The van der Waals surface area contributed by atoms with Gasteiger partial charge in [-0.25, -0.2) is 4.98 Å². The van der Waals surface area contributed by atoms with Crippen LogP contribution in [0.15, 0.2) is 12.3 Å². The van der Waals surface area contributed by atoms with Crippen LogP contribution in [0, 0.1) is 6.92 Å². The van der Waals surface area contributed by atoms with Gasteiger partial charge in [0.25, 0.3) is 0 Å². The zero-order chi connectivity index (χ0) is 13.1. The summed E-state index contributed by atoms with van der Waals surface area (Å²) >= 11 is 1.76. The zero-order valence-electron chi connectivity index (χ0n) is 11.4. The minimum atomic E-state index is 0.346. The summed E-state index contributed by atoms with van der Waals surface area (Å²) in [4.78, 5) is 5.99. The van der Waals surface area contributed by atoms with Crippen molar-refractivity contribution in [2.75, 3.05) is 7.05 Å². The maximum Gasteiger partial charge on any atom is 0.142 e. The third-order valence-electron chi connectivity index (χ3n) is 3.03. The highest BCUT2D eigenvalue weighted by Gasteiger charge is 2.16. The van der Waals surface area contributed by atoms with E-state index in [-0.39, 0.29) is 0 Å². The minimum Gasteiger partial charge on any atom is -0.312 e. The lowest BCUT2D eigenvalue weighted by Gasteiger charge is -2.07. The molecule has 2 aromatic heterocycles. The summed E-state index contributed by atoms with van der Waals surface area (Å²) in [5, 5.41) is 8.69. The second kappa shape index (κ2) is 5.63. The third-order valence-corrected chi connectivity index (χ3v) is 4.39. The van der Waals surface area contributed by atoms with E-state index in [1.54, 1.807) is 11.3 Å². The SMILES string of the molecule is CCCn1nccc1-c1nc(C)c(C(C)NC)s1. The highest BCUT2D eigenvalue weighted by Crippen LogP contribution is 2.31. The molecule has 0 aliphatic heterocycles. The van der Waals surface area contributed by atoms with Crippen molar-refractivity contribution in [1.82, 2.24) is 20.1 Å². The fourth-order valence-corrected chi connectivity index (χ4v) is 3.11. The summed E-state index contributed by atoms with van der Waals surface area (Å²) in [6.45, 7) is 7.34. The molecule has 0 saturated heterocycles.